The number of methoxy groups -OCH3 is 2. The third kappa shape index (κ3) is 7.79. The second-order valence-electron chi connectivity index (χ2n) is 9.96. The van der Waals surface area contributed by atoms with E-state index in [0.29, 0.717) is 17.9 Å². The summed E-state index contributed by atoms with van der Waals surface area (Å²) in [5.74, 6) is -0.188. The van der Waals surface area contributed by atoms with Gasteiger partial charge < -0.3 is 19.7 Å². The van der Waals surface area contributed by atoms with Gasteiger partial charge in [-0.15, -0.1) is 0 Å². The number of hydrogen-bond acceptors (Lipinski definition) is 6. The van der Waals surface area contributed by atoms with Crippen LogP contribution in [0.2, 0.25) is 0 Å². The van der Waals surface area contributed by atoms with E-state index in [1.807, 2.05) is 58.0 Å². The number of ether oxygens (including phenoxy) is 2. The summed E-state index contributed by atoms with van der Waals surface area (Å²) in [6, 6.07) is 19.6. The monoisotopic (exact) mass is 581 g/mol. The standard InChI is InChI=1S/C31H39N3O6S/c1-7-27(31(36)32-22(2)3)33(20-24-11-9-8-10-12-24)30(35)21-34(25-15-13-23(4)14-16-25)41(37,38)26-17-18-28(39-5)29(19-26)40-6/h8-19,22,27H,7,20-21H2,1-6H3,(H,32,36)/t27-/m1/s1. The molecule has 220 valence electrons. The SMILES string of the molecule is CC[C@H](C(=O)NC(C)C)N(Cc1ccccc1)C(=O)CN(c1ccc(C)cc1)S(=O)(=O)c1ccc(OC)c(OC)c1. The number of hydrogen-bond donors (Lipinski definition) is 1. The Morgan fingerprint density at radius 3 is 2.10 bits per heavy atom. The van der Waals surface area contributed by atoms with Gasteiger partial charge in [0.05, 0.1) is 24.8 Å². The lowest BCUT2D eigenvalue weighted by Gasteiger charge is -2.33. The lowest BCUT2D eigenvalue weighted by atomic mass is 10.1. The summed E-state index contributed by atoms with van der Waals surface area (Å²) in [6.45, 7) is 7.04. The average Bonchev–Trinajstić information content (AvgIpc) is 2.95. The molecular formula is C31H39N3O6S. The molecule has 0 saturated heterocycles. The van der Waals surface area contributed by atoms with Crippen molar-refractivity contribution in [3.8, 4) is 11.5 Å². The van der Waals surface area contributed by atoms with E-state index in [9.17, 15) is 18.0 Å². The van der Waals surface area contributed by atoms with Gasteiger partial charge >= 0.3 is 0 Å². The van der Waals surface area contributed by atoms with Crippen molar-refractivity contribution >= 4 is 27.5 Å². The normalized spacial score (nSPS) is 12.0. The molecule has 0 saturated carbocycles. The summed E-state index contributed by atoms with van der Waals surface area (Å²) in [7, 11) is -1.36. The van der Waals surface area contributed by atoms with Crippen LogP contribution in [0.15, 0.2) is 77.7 Å². The third-order valence-electron chi connectivity index (χ3n) is 6.56. The van der Waals surface area contributed by atoms with Crippen molar-refractivity contribution in [3.63, 3.8) is 0 Å². The van der Waals surface area contributed by atoms with Crippen molar-refractivity contribution < 1.29 is 27.5 Å². The molecule has 9 nitrogen and oxygen atoms in total. The molecule has 0 heterocycles. The van der Waals surface area contributed by atoms with Gasteiger partial charge in [0.2, 0.25) is 11.8 Å². The number of carbonyl (C=O) groups is 2. The zero-order chi connectivity index (χ0) is 30.2. The third-order valence-corrected chi connectivity index (χ3v) is 8.33. The highest BCUT2D eigenvalue weighted by Crippen LogP contribution is 2.32. The first-order chi connectivity index (χ1) is 19.5. The molecular weight excluding hydrogens is 542 g/mol. The molecule has 3 rings (SSSR count). The quantitative estimate of drug-likeness (QED) is 0.318. The molecule has 0 spiro atoms. The molecule has 0 aliphatic rings. The molecule has 0 unspecified atom stereocenters. The summed E-state index contributed by atoms with van der Waals surface area (Å²) in [6.07, 6.45) is 0.351. The van der Waals surface area contributed by atoms with Gasteiger partial charge in [0.25, 0.3) is 10.0 Å². The Balaban J connectivity index is 2.08. The van der Waals surface area contributed by atoms with Crippen LogP contribution in [0.25, 0.3) is 0 Å². The second kappa shape index (κ2) is 14.0. The Kier molecular flexibility index (Phi) is 10.8. The van der Waals surface area contributed by atoms with Gasteiger partial charge in [0, 0.05) is 18.7 Å². The van der Waals surface area contributed by atoms with Crippen LogP contribution in [0.3, 0.4) is 0 Å². The predicted molar refractivity (Wildman–Crippen MR) is 160 cm³/mol. The van der Waals surface area contributed by atoms with Gasteiger partial charge in [-0.3, -0.25) is 13.9 Å². The number of sulfonamides is 1. The van der Waals surface area contributed by atoms with Crippen molar-refractivity contribution in [2.24, 2.45) is 0 Å². The van der Waals surface area contributed by atoms with Crippen LogP contribution in [0.4, 0.5) is 5.69 Å². The maximum Gasteiger partial charge on any atom is 0.264 e. The molecule has 3 aromatic rings. The van der Waals surface area contributed by atoms with Gasteiger partial charge in [-0.25, -0.2) is 8.42 Å². The number of nitrogens with one attached hydrogen (secondary N) is 1. The topological polar surface area (TPSA) is 105 Å². The molecule has 0 aliphatic carbocycles. The van der Waals surface area contributed by atoms with Gasteiger partial charge in [0.1, 0.15) is 12.6 Å². The number of aryl methyl sites for hydroxylation is 1. The number of anilines is 1. The van der Waals surface area contributed by atoms with E-state index in [1.54, 1.807) is 24.3 Å². The van der Waals surface area contributed by atoms with E-state index in [1.165, 1.54) is 37.3 Å². The predicted octanol–water partition coefficient (Wildman–Crippen LogP) is 4.54. The fourth-order valence-electron chi connectivity index (χ4n) is 4.42. The maximum atomic E-state index is 14.1. The highest BCUT2D eigenvalue weighted by atomic mass is 32.2. The van der Waals surface area contributed by atoms with Gasteiger partial charge in [0.15, 0.2) is 11.5 Å². The van der Waals surface area contributed by atoms with Crippen LogP contribution in [0.5, 0.6) is 11.5 Å². The molecule has 3 aromatic carbocycles. The zero-order valence-corrected chi connectivity index (χ0v) is 25.3. The molecule has 0 bridgehead atoms. The fraction of sp³-hybridized carbons (Fsp3) is 0.355. The van der Waals surface area contributed by atoms with Crippen molar-refractivity contribution in [2.45, 2.75) is 57.6 Å². The number of benzene rings is 3. The van der Waals surface area contributed by atoms with Crippen LogP contribution >= 0.6 is 0 Å². The Bertz CT molecular complexity index is 1430. The van der Waals surface area contributed by atoms with Crippen molar-refractivity contribution in [2.75, 3.05) is 25.1 Å². The van der Waals surface area contributed by atoms with E-state index in [-0.39, 0.29) is 29.1 Å². The Hall–Kier alpha value is -4.05. The van der Waals surface area contributed by atoms with Crippen molar-refractivity contribution in [1.82, 2.24) is 10.2 Å². The summed E-state index contributed by atoms with van der Waals surface area (Å²) in [5, 5.41) is 2.90. The molecule has 2 amide bonds. The average molecular weight is 582 g/mol. The van der Waals surface area contributed by atoms with Gasteiger partial charge in [-0.05, 0) is 57.0 Å². The second-order valence-corrected chi connectivity index (χ2v) is 11.8. The minimum Gasteiger partial charge on any atom is -0.493 e. The lowest BCUT2D eigenvalue weighted by Crippen LogP contribution is -2.53. The summed E-state index contributed by atoms with van der Waals surface area (Å²) < 4.78 is 39.9. The first-order valence-corrected chi connectivity index (χ1v) is 14.9. The van der Waals surface area contributed by atoms with E-state index >= 15 is 0 Å². The molecule has 0 aromatic heterocycles. The van der Waals surface area contributed by atoms with Crippen LogP contribution in [0, 0.1) is 6.92 Å². The van der Waals surface area contributed by atoms with Gasteiger partial charge in [-0.2, -0.15) is 0 Å². The van der Waals surface area contributed by atoms with Crippen LogP contribution in [0.1, 0.15) is 38.3 Å². The largest absolute Gasteiger partial charge is 0.493 e. The van der Waals surface area contributed by atoms with Crippen LogP contribution in [-0.4, -0.2) is 58.0 Å². The molecule has 1 atom stereocenters. The van der Waals surface area contributed by atoms with Crippen LogP contribution in [-0.2, 0) is 26.2 Å². The molecule has 10 heteroatoms. The minimum atomic E-state index is -4.25. The summed E-state index contributed by atoms with van der Waals surface area (Å²) >= 11 is 0. The van der Waals surface area contributed by atoms with E-state index < -0.39 is 28.5 Å². The number of nitrogens with zero attached hydrogens (tertiary/aromatic N) is 2. The van der Waals surface area contributed by atoms with Crippen molar-refractivity contribution in [1.29, 1.82) is 0 Å². The summed E-state index contributed by atoms with van der Waals surface area (Å²) in [5.41, 5.74) is 2.07. The smallest absolute Gasteiger partial charge is 0.264 e. The minimum absolute atomic E-state index is 0.0669. The number of amides is 2. The number of carbonyl (C=O) groups excluding carboxylic acids is 2. The molecule has 1 N–H and O–H groups in total. The van der Waals surface area contributed by atoms with E-state index in [2.05, 4.69) is 5.32 Å². The fourth-order valence-corrected chi connectivity index (χ4v) is 5.85. The Labute approximate surface area is 243 Å². The first-order valence-electron chi connectivity index (χ1n) is 13.5. The lowest BCUT2D eigenvalue weighted by molar-refractivity contribution is -0.140. The molecule has 0 aliphatic heterocycles. The Morgan fingerprint density at radius 1 is 0.902 bits per heavy atom. The number of rotatable bonds is 13. The van der Waals surface area contributed by atoms with Crippen molar-refractivity contribution in [3.05, 3.63) is 83.9 Å². The first kappa shape index (κ1) is 31.5. The van der Waals surface area contributed by atoms with E-state index in [4.69, 9.17) is 9.47 Å². The molecule has 0 fully saturated rings. The summed E-state index contributed by atoms with van der Waals surface area (Å²) in [4.78, 5) is 28.7. The highest BCUT2D eigenvalue weighted by Gasteiger charge is 2.34. The van der Waals surface area contributed by atoms with Gasteiger partial charge in [-0.1, -0.05) is 55.0 Å². The van der Waals surface area contributed by atoms with Crippen LogP contribution < -0.4 is 19.1 Å². The zero-order valence-electron chi connectivity index (χ0n) is 24.5. The maximum absolute atomic E-state index is 14.1. The molecule has 41 heavy (non-hydrogen) atoms. The Morgan fingerprint density at radius 2 is 1.54 bits per heavy atom. The van der Waals surface area contributed by atoms with E-state index in [0.717, 1.165) is 15.4 Å². The highest BCUT2D eigenvalue weighted by molar-refractivity contribution is 7.92. The molecule has 0 radical (unpaired) electrons.